The van der Waals surface area contributed by atoms with Crippen molar-refractivity contribution in [1.82, 2.24) is 0 Å². The molecule has 0 fully saturated rings. The Bertz CT molecular complexity index is 339. The summed E-state index contributed by atoms with van der Waals surface area (Å²) < 4.78 is 0. The van der Waals surface area contributed by atoms with Crippen molar-refractivity contribution >= 4 is 0 Å². The van der Waals surface area contributed by atoms with Crippen molar-refractivity contribution in [3.05, 3.63) is 47.0 Å². The molecule has 1 atom stereocenters. The van der Waals surface area contributed by atoms with Gasteiger partial charge in [-0.25, -0.2) is 0 Å². The lowest BCUT2D eigenvalue weighted by Crippen LogP contribution is -2.11. The largest absolute Gasteiger partial charge is 0.324 e. The van der Waals surface area contributed by atoms with Crippen LogP contribution in [0.3, 0.4) is 0 Å². The van der Waals surface area contributed by atoms with Crippen LogP contribution in [0.1, 0.15) is 36.1 Å². The molecule has 0 saturated carbocycles. The van der Waals surface area contributed by atoms with E-state index in [4.69, 9.17) is 5.73 Å². The fraction of sp³-hybridized carbons (Fsp3) is 0.385. The van der Waals surface area contributed by atoms with Gasteiger partial charge in [0, 0.05) is 6.04 Å². The van der Waals surface area contributed by atoms with Crippen molar-refractivity contribution in [2.75, 3.05) is 0 Å². The van der Waals surface area contributed by atoms with Crippen LogP contribution in [0, 0.1) is 13.8 Å². The number of hydrogen-bond donors (Lipinski definition) is 1. The zero-order valence-electron chi connectivity index (χ0n) is 9.30. The van der Waals surface area contributed by atoms with E-state index in [0.29, 0.717) is 0 Å². The normalized spacial score (nSPS) is 12.6. The molecule has 0 aliphatic carbocycles. The topological polar surface area (TPSA) is 26.0 Å². The predicted molar refractivity (Wildman–Crippen MR) is 62.3 cm³/mol. The van der Waals surface area contributed by atoms with Gasteiger partial charge in [-0.2, -0.15) is 0 Å². The van der Waals surface area contributed by atoms with Crippen LogP contribution < -0.4 is 5.73 Å². The van der Waals surface area contributed by atoms with E-state index in [1.54, 1.807) is 0 Å². The van der Waals surface area contributed by atoms with Crippen molar-refractivity contribution in [2.45, 2.75) is 33.2 Å². The van der Waals surface area contributed by atoms with Gasteiger partial charge in [-0.15, -0.1) is 6.58 Å². The van der Waals surface area contributed by atoms with E-state index in [1.807, 2.05) is 6.92 Å². The summed E-state index contributed by atoms with van der Waals surface area (Å²) in [6, 6.07) is 6.50. The number of nitrogens with two attached hydrogens (primary N) is 1. The second-order valence-electron chi connectivity index (χ2n) is 4.13. The quantitative estimate of drug-likeness (QED) is 0.726. The summed E-state index contributed by atoms with van der Waals surface area (Å²) >= 11 is 0. The molecule has 0 radical (unpaired) electrons. The minimum atomic E-state index is 0.0908. The molecule has 0 spiro atoms. The summed E-state index contributed by atoms with van der Waals surface area (Å²) in [5.74, 6) is 0. The van der Waals surface area contributed by atoms with Gasteiger partial charge in [0.1, 0.15) is 0 Å². The van der Waals surface area contributed by atoms with E-state index < -0.39 is 0 Å². The molecular weight excluding hydrogens is 170 g/mol. The molecule has 76 valence electrons. The van der Waals surface area contributed by atoms with Gasteiger partial charge in [0.15, 0.2) is 0 Å². The molecule has 1 rings (SSSR count). The summed E-state index contributed by atoms with van der Waals surface area (Å²) in [5.41, 5.74) is 11.0. The maximum Gasteiger partial charge on any atom is 0.0334 e. The van der Waals surface area contributed by atoms with E-state index in [0.717, 1.165) is 12.0 Å². The molecule has 0 amide bonds. The van der Waals surface area contributed by atoms with Crippen LogP contribution in [0.4, 0.5) is 0 Å². The molecule has 1 aromatic rings. The number of benzene rings is 1. The summed E-state index contributed by atoms with van der Waals surface area (Å²) in [5, 5.41) is 0. The Morgan fingerprint density at radius 1 is 1.43 bits per heavy atom. The highest BCUT2D eigenvalue weighted by Crippen LogP contribution is 2.21. The van der Waals surface area contributed by atoms with E-state index in [9.17, 15) is 0 Å². The second kappa shape index (κ2) is 4.43. The third kappa shape index (κ3) is 2.71. The second-order valence-corrected chi connectivity index (χ2v) is 4.13. The Kier molecular flexibility index (Phi) is 3.48. The molecule has 2 N–H and O–H groups in total. The first-order chi connectivity index (χ1) is 6.50. The average Bonchev–Trinajstić information content (AvgIpc) is 2.01. The van der Waals surface area contributed by atoms with E-state index in [-0.39, 0.29) is 6.04 Å². The van der Waals surface area contributed by atoms with Crippen molar-refractivity contribution < 1.29 is 0 Å². The molecule has 0 unspecified atom stereocenters. The van der Waals surface area contributed by atoms with Crippen molar-refractivity contribution in [3.8, 4) is 0 Å². The summed E-state index contributed by atoms with van der Waals surface area (Å²) in [7, 11) is 0. The molecule has 1 aromatic carbocycles. The van der Waals surface area contributed by atoms with Gasteiger partial charge in [0.25, 0.3) is 0 Å². The van der Waals surface area contributed by atoms with Gasteiger partial charge in [-0.05, 0) is 38.3 Å². The SMILES string of the molecule is C=C(C)C[C@H](N)c1ccc(C)cc1C. The molecule has 0 aliphatic rings. The monoisotopic (exact) mass is 189 g/mol. The number of rotatable bonds is 3. The van der Waals surface area contributed by atoms with Gasteiger partial charge in [0.2, 0.25) is 0 Å². The Hall–Kier alpha value is -1.08. The fourth-order valence-electron chi connectivity index (χ4n) is 1.73. The Balaban J connectivity index is 2.90. The third-order valence-corrected chi connectivity index (χ3v) is 2.39. The van der Waals surface area contributed by atoms with Gasteiger partial charge in [-0.3, -0.25) is 0 Å². The molecule has 0 aromatic heterocycles. The predicted octanol–water partition coefficient (Wildman–Crippen LogP) is 3.27. The van der Waals surface area contributed by atoms with Crippen LogP contribution in [-0.2, 0) is 0 Å². The maximum atomic E-state index is 6.09. The minimum Gasteiger partial charge on any atom is -0.324 e. The highest BCUT2D eigenvalue weighted by Gasteiger charge is 2.08. The van der Waals surface area contributed by atoms with Crippen LogP contribution in [-0.4, -0.2) is 0 Å². The molecular formula is C13H19N. The Morgan fingerprint density at radius 3 is 2.57 bits per heavy atom. The molecule has 0 heterocycles. The smallest absolute Gasteiger partial charge is 0.0334 e. The van der Waals surface area contributed by atoms with Crippen LogP contribution in [0.2, 0.25) is 0 Å². The van der Waals surface area contributed by atoms with Crippen LogP contribution >= 0.6 is 0 Å². The highest BCUT2D eigenvalue weighted by atomic mass is 14.6. The molecule has 1 nitrogen and oxygen atoms in total. The Morgan fingerprint density at radius 2 is 2.07 bits per heavy atom. The first-order valence-electron chi connectivity index (χ1n) is 4.98. The maximum absolute atomic E-state index is 6.09. The van der Waals surface area contributed by atoms with Crippen LogP contribution in [0.25, 0.3) is 0 Å². The first-order valence-corrected chi connectivity index (χ1v) is 4.98. The van der Waals surface area contributed by atoms with Gasteiger partial charge < -0.3 is 5.73 Å². The van der Waals surface area contributed by atoms with Crippen molar-refractivity contribution in [3.63, 3.8) is 0 Å². The fourth-order valence-corrected chi connectivity index (χ4v) is 1.73. The van der Waals surface area contributed by atoms with E-state index >= 15 is 0 Å². The standard InChI is InChI=1S/C13H19N/c1-9(2)7-13(14)12-6-5-10(3)8-11(12)4/h5-6,8,13H,1,7,14H2,2-4H3/t13-/m0/s1. The Labute approximate surface area is 86.6 Å². The summed E-state index contributed by atoms with van der Waals surface area (Å²) in [6.45, 7) is 10.1. The van der Waals surface area contributed by atoms with Gasteiger partial charge in [0.05, 0.1) is 0 Å². The molecule has 14 heavy (non-hydrogen) atoms. The lowest BCUT2D eigenvalue weighted by Gasteiger charge is -2.15. The lowest BCUT2D eigenvalue weighted by atomic mass is 9.96. The third-order valence-electron chi connectivity index (χ3n) is 2.39. The average molecular weight is 189 g/mol. The zero-order valence-corrected chi connectivity index (χ0v) is 9.30. The first kappa shape index (κ1) is 11.0. The van der Waals surface area contributed by atoms with Crippen molar-refractivity contribution in [1.29, 1.82) is 0 Å². The highest BCUT2D eigenvalue weighted by molar-refractivity contribution is 5.33. The number of aryl methyl sites for hydroxylation is 2. The zero-order chi connectivity index (χ0) is 10.7. The minimum absolute atomic E-state index is 0.0908. The lowest BCUT2D eigenvalue weighted by molar-refractivity contribution is 0.712. The summed E-state index contributed by atoms with van der Waals surface area (Å²) in [6.07, 6.45) is 0.865. The molecule has 1 heteroatoms. The van der Waals surface area contributed by atoms with E-state index in [2.05, 4.69) is 38.6 Å². The van der Waals surface area contributed by atoms with Crippen LogP contribution in [0.5, 0.6) is 0 Å². The molecule has 0 saturated heterocycles. The van der Waals surface area contributed by atoms with Crippen LogP contribution in [0.15, 0.2) is 30.4 Å². The van der Waals surface area contributed by atoms with Gasteiger partial charge in [-0.1, -0.05) is 29.3 Å². The van der Waals surface area contributed by atoms with Crippen molar-refractivity contribution in [2.24, 2.45) is 5.73 Å². The number of hydrogen-bond acceptors (Lipinski definition) is 1. The molecule has 0 bridgehead atoms. The molecule has 0 aliphatic heterocycles. The summed E-state index contributed by atoms with van der Waals surface area (Å²) in [4.78, 5) is 0. The van der Waals surface area contributed by atoms with Gasteiger partial charge >= 0.3 is 0 Å². The van der Waals surface area contributed by atoms with E-state index in [1.165, 1.54) is 16.7 Å².